The molecule has 0 aliphatic rings. The molecule has 0 N–H and O–H groups in total. The number of hydrogen-bond acceptors (Lipinski definition) is 9. The highest BCUT2D eigenvalue weighted by Crippen LogP contribution is 2.31. The van der Waals surface area contributed by atoms with Crippen LogP contribution in [0.25, 0.3) is 5.95 Å². The Morgan fingerprint density at radius 1 is 1.24 bits per heavy atom. The maximum atomic E-state index is 5.94. The Morgan fingerprint density at radius 2 is 2.10 bits per heavy atom. The van der Waals surface area contributed by atoms with Gasteiger partial charge in [-0.05, 0) is 23.4 Å². The summed E-state index contributed by atoms with van der Waals surface area (Å²) in [4.78, 5) is 18.3. The predicted molar refractivity (Wildman–Crippen MR) is 80.3 cm³/mol. The lowest BCUT2D eigenvalue weighted by atomic mass is 10.8. The van der Waals surface area contributed by atoms with Gasteiger partial charge in [-0.25, -0.2) is 4.98 Å². The number of halogens is 1. The molecule has 3 rings (SSSR count). The molecule has 3 aromatic rings. The molecular formula is C10H9ClN8S2. The van der Waals surface area contributed by atoms with Crippen LogP contribution in [0.2, 0.25) is 5.28 Å². The fourth-order valence-electron chi connectivity index (χ4n) is 1.36. The van der Waals surface area contributed by atoms with E-state index < -0.39 is 0 Å². The van der Waals surface area contributed by atoms with Crippen LogP contribution in [0.5, 0.6) is 0 Å². The molecule has 0 saturated heterocycles. The Labute approximate surface area is 133 Å². The van der Waals surface area contributed by atoms with Gasteiger partial charge in [-0.3, -0.25) is 4.57 Å². The second-order valence-electron chi connectivity index (χ2n) is 4.00. The summed E-state index contributed by atoms with van der Waals surface area (Å²) < 4.78 is 2.39. The van der Waals surface area contributed by atoms with Crippen molar-refractivity contribution in [3.05, 3.63) is 24.0 Å². The van der Waals surface area contributed by atoms with Gasteiger partial charge in [-0.2, -0.15) is 15.0 Å². The highest BCUT2D eigenvalue weighted by Gasteiger charge is 2.12. The van der Waals surface area contributed by atoms with Crippen LogP contribution in [0, 0.1) is 0 Å². The SMILES string of the molecule is CN(C)c1nnc(Sc2nc(Cl)nc(-n3ccnc3)n2)s1. The Balaban J connectivity index is 1.88. The lowest BCUT2D eigenvalue weighted by Crippen LogP contribution is -2.07. The normalized spacial score (nSPS) is 10.8. The van der Waals surface area contributed by atoms with E-state index in [2.05, 4.69) is 30.1 Å². The predicted octanol–water partition coefficient (Wildman–Crippen LogP) is 1.78. The van der Waals surface area contributed by atoms with Crippen molar-refractivity contribution in [3.8, 4) is 5.95 Å². The zero-order valence-electron chi connectivity index (χ0n) is 11.0. The van der Waals surface area contributed by atoms with Gasteiger partial charge in [0.15, 0.2) is 4.34 Å². The molecule has 0 radical (unpaired) electrons. The second-order valence-corrected chi connectivity index (χ2v) is 6.51. The number of anilines is 1. The van der Waals surface area contributed by atoms with Gasteiger partial charge in [0.2, 0.25) is 21.5 Å². The third kappa shape index (κ3) is 3.28. The van der Waals surface area contributed by atoms with E-state index in [9.17, 15) is 0 Å². The summed E-state index contributed by atoms with van der Waals surface area (Å²) >= 11 is 8.68. The first-order valence-electron chi connectivity index (χ1n) is 5.70. The molecule has 0 amide bonds. The molecule has 0 saturated carbocycles. The number of rotatable bonds is 4. The lowest BCUT2D eigenvalue weighted by molar-refractivity contribution is 0.822. The molecule has 11 heteroatoms. The average molecular weight is 341 g/mol. The van der Waals surface area contributed by atoms with Crippen LogP contribution >= 0.6 is 34.7 Å². The largest absolute Gasteiger partial charge is 0.353 e. The molecule has 3 aromatic heterocycles. The van der Waals surface area contributed by atoms with E-state index >= 15 is 0 Å². The van der Waals surface area contributed by atoms with Crippen LogP contribution in [0.1, 0.15) is 0 Å². The fraction of sp³-hybridized carbons (Fsp3) is 0.200. The molecular weight excluding hydrogens is 332 g/mol. The second kappa shape index (κ2) is 5.92. The minimum absolute atomic E-state index is 0.119. The monoisotopic (exact) mass is 340 g/mol. The first kappa shape index (κ1) is 14.2. The number of imidazole rings is 1. The Hall–Kier alpha value is -1.78. The molecule has 108 valence electrons. The van der Waals surface area contributed by atoms with Gasteiger partial charge < -0.3 is 4.90 Å². The van der Waals surface area contributed by atoms with Crippen LogP contribution in [0.4, 0.5) is 5.13 Å². The maximum absolute atomic E-state index is 5.94. The number of aromatic nitrogens is 7. The summed E-state index contributed by atoms with van der Waals surface area (Å²) in [5.74, 6) is 0.410. The van der Waals surface area contributed by atoms with Crippen molar-refractivity contribution in [2.24, 2.45) is 0 Å². The minimum Gasteiger partial charge on any atom is -0.353 e. The van der Waals surface area contributed by atoms with E-state index in [1.807, 2.05) is 19.0 Å². The van der Waals surface area contributed by atoms with Crippen molar-refractivity contribution in [3.63, 3.8) is 0 Å². The first-order valence-corrected chi connectivity index (χ1v) is 7.71. The third-order valence-electron chi connectivity index (χ3n) is 2.27. The third-order valence-corrected chi connectivity index (χ3v) is 4.44. The molecule has 0 spiro atoms. The smallest absolute Gasteiger partial charge is 0.240 e. The summed E-state index contributed by atoms with van der Waals surface area (Å²) in [5.41, 5.74) is 0. The standard InChI is InChI=1S/C10H9ClN8S2/c1-18(2)9-16-17-10(21-9)20-8-14-6(11)13-7(15-8)19-4-3-12-5-19/h3-5H,1-2H3. The van der Waals surface area contributed by atoms with Crippen molar-refractivity contribution in [1.82, 2.24) is 34.7 Å². The Kier molecular flexibility index (Phi) is 3.99. The highest BCUT2D eigenvalue weighted by atomic mass is 35.5. The van der Waals surface area contributed by atoms with Crippen molar-refractivity contribution >= 4 is 39.8 Å². The Morgan fingerprint density at radius 3 is 2.76 bits per heavy atom. The molecule has 0 bridgehead atoms. The molecule has 0 aromatic carbocycles. The molecule has 8 nitrogen and oxygen atoms in total. The summed E-state index contributed by atoms with van der Waals surface area (Å²) in [5, 5.41) is 9.53. The molecule has 0 unspecified atom stereocenters. The summed E-state index contributed by atoms with van der Waals surface area (Å²) in [6, 6.07) is 0. The van der Waals surface area contributed by atoms with Crippen molar-refractivity contribution < 1.29 is 0 Å². The minimum atomic E-state index is 0.119. The average Bonchev–Trinajstić information content (AvgIpc) is 3.08. The zero-order chi connectivity index (χ0) is 14.8. The summed E-state index contributed by atoms with van der Waals surface area (Å²) in [6.45, 7) is 0. The van der Waals surface area contributed by atoms with E-state index in [0.717, 1.165) is 9.47 Å². The van der Waals surface area contributed by atoms with Gasteiger partial charge in [-0.1, -0.05) is 11.3 Å². The van der Waals surface area contributed by atoms with Gasteiger partial charge in [-0.15, -0.1) is 10.2 Å². The van der Waals surface area contributed by atoms with Gasteiger partial charge in [0.05, 0.1) is 0 Å². The highest BCUT2D eigenvalue weighted by molar-refractivity contribution is 8.00. The molecule has 0 aliphatic heterocycles. The number of nitrogens with zero attached hydrogens (tertiary/aromatic N) is 8. The van der Waals surface area contributed by atoms with E-state index in [-0.39, 0.29) is 5.28 Å². The molecule has 0 aliphatic carbocycles. The van der Waals surface area contributed by atoms with Crippen LogP contribution in [-0.4, -0.2) is 48.8 Å². The lowest BCUT2D eigenvalue weighted by Gasteiger charge is -2.04. The maximum Gasteiger partial charge on any atom is 0.240 e. The van der Waals surface area contributed by atoms with E-state index in [1.165, 1.54) is 23.1 Å². The molecule has 0 fully saturated rings. The topological polar surface area (TPSA) is 85.5 Å². The van der Waals surface area contributed by atoms with Crippen molar-refractivity contribution in [2.75, 3.05) is 19.0 Å². The van der Waals surface area contributed by atoms with Crippen LogP contribution in [0.3, 0.4) is 0 Å². The van der Waals surface area contributed by atoms with Crippen LogP contribution < -0.4 is 4.90 Å². The Bertz CT molecular complexity index is 741. The molecule has 21 heavy (non-hydrogen) atoms. The van der Waals surface area contributed by atoms with Crippen molar-refractivity contribution in [1.29, 1.82) is 0 Å². The summed E-state index contributed by atoms with van der Waals surface area (Å²) in [7, 11) is 3.82. The number of hydrogen-bond donors (Lipinski definition) is 0. The fourth-order valence-corrected chi connectivity index (χ4v) is 3.18. The van der Waals surface area contributed by atoms with Gasteiger partial charge in [0.25, 0.3) is 0 Å². The van der Waals surface area contributed by atoms with Crippen LogP contribution in [0.15, 0.2) is 28.2 Å². The zero-order valence-corrected chi connectivity index (χ0v) is 13.4. The first-order chi connectivity index (χ1) is 10.1. The molecule has 0 atom stereocenters. The van der Waals surface area contributed by atoms with Gasteiger partial charge in [0, 0.05) is 26.5 Å². The van der Waals surface area contributed by atoms with Gasteiger partial charge >= 0.3 is 0 Å². The van der Waals surface area contributed by atoms with Crippen molar-refractivity contribution in [2.45, 2.75) is 9.50 Å². The molecule has 3 heterocycles. The van der Waals surface area contributed by atoms with E-state index in [0.29, 0.717) is 11.1 Å². The quantitative estimate of drug-likeness (QED) is 0.710. The summed E-state index contributed by atoms with van der Waals surface area (Å²) in [6.07, 6.45) is 4.96. The van der Waals surface area contributed by atoms with E-state index in [1.54, 1.807) is 23.3 Å². The van der Waals surface area contributed by atoms with E-state index in [4.69, 9.17) is 11.6 Å². The van der Waals surface area contributed by atoms with Crippen LogP contribution in [-0.2, 0) is 0 Å². The van der Waals surface area contributed by atoms with Gasteiger partial charge in [0.1, 0.15) is 6.33 Å².